The fraction of sp³-hybridized carbons (Fsp3) is 0.125. The van der Waals surface area contributed by atoms with Crippen LogP contribution in [0.25, 0.3) is 0 Å². The molecule has 0 saturated carbocycles. The summed E-state index contributed by atoms with van der Waals surface area (Å²) in [4.78, 5) is 23.2. The number of hydrogen-bond donors (Lipinski definition) is 2. The number of esters is 1. The fourth-order valence-corrected chi connectivity index (χ4v) is 1.88. The lowest BCUT2D eigenvalue weighted by Gasteiger charge is -2.10. The van der Waals surface area contributed by atoms with Crippen molar-refractivity contribution in [3.63, 3.8) is 0 Å². The van der Waals surface area contributed by atoms with Crippen molar-refractivity contribution in [2.75, 3.05) is 24.3 Å². The van der Waals surface area contributed by atoms with Gasteiger partial charge in [-0.05, 0) is 30.3 Å². The third kappa shape index (κ3) is 4.26. The third-order valence-electron chi connectivity index (χ3n) is 2.96. The molecule has 0 radical (unpaired) electrons. The predicted molar refractivity (Wildman–Crippen MR) is 81.3 cm³/mol. The zero-order valence-corrected chi connectivity index (χ0v) is 12.2. The van der Waals surface area contributed by atoms with Gasteiger partial charge in [0.25, 0.3) is 0 Å². The molecule has 0 bridgehead atoms. The highest BCUT2D eigenvalue weighted by Crippen LogP contribution is 2.17. The summed E-state index contributed by atoms with van der Waals surface area (Å²) in [6.07, 6.45) is 0. The van der Waals surface area contributed by atoms with Crippen molar-refractivity contribution in [2.24, 2.45) is 0 Å². The molecule has 0 aliphatic rings. The maximum Gasteiger partial charge on any atom is 0.337 e. The van der Waals surface area contributed by atoms with Crippen molar-refractivity contribution in [1.29, 1.82) is 0 Å². The van der Waals surface area contributed by atoms with Gasteiger partial charge in [0.1, 0.15) is 17.3 Å². The van der Waals surface area contributed by atoms with E-state index in [2.05, 4.69) is 15.4 Å². The molecule has 0 aliphatic carbocycles. The molecular weight excluding hydrogens is 306 g/mol. The molecule has 2 aromatic rings. The first kappa shape index (κ1) is 16.4. The summed E-state index contributed by atoms with van der Waals surface area (Å²) >= 11 is 0. The summed E-state index contributed by atoms with van der Waals surface area (Å²) in [6.45, 7) is -0.333. The van der Waals surface area contributed by atoms with Crippen LogP contribution in [-0.2, 0) is 9.53 Å². The Hall–Kier alpha value is -2.96. The second kappa shape index (κ2) is 7.35. The van der Waals surface area contributed by atoms with Crippen LogP contribution >= 0.6 is 0 Å². The number of benzene rings is 2. The molecule has 0 aliphatic heterocycles. The highest BCUT2D eigenvalue weighted by molar-refractivity contribution is 5.96. The summed E-state index contributed by atoms with van der Waals surface area (Å²) in [5.74, 6) is -2.63. The van der Waals surface area contributed by atoms with Gasteiger partial charge in [-0.2, -0.15) is 0 Å². The molecular formula is C16H14F2N2O3. The Morgan fingerprint density at radius 3 is 2.39 bits per heavy atom. The molecule has 0 spiro atoms. The molecule has 5 nitrogen and oxygen atoms in total. The smallest absolute Gasteiger partial charge is 0.337 e. The van der Waals surface area contributed by atoms with Crippen LogP contribution in [0.3, 0.4) is 0 Å². The SMILES string of the molecule is COC(=O)c1cccc(NC(=O)CNc2c(F)cccc2F)c1. The monoisotopic (exact) mass is 320 g/mol. The number of hydrogen-bond acceptors (Lipinski definition) is 4. The fourth-order valence-electron chi connectivity index (χ4n) is 1.88. The number of halogens is 2. The van der Waals surface area contributed by atoms with E-state index in [4.69, 9.17) is 0 Å². The van der Waals surface area contributed by atoms with E-state index in [0.29, 0.717) is 5.69 Å². The van der Waals surface area contributed by atoms with E-state index in [1.54, 1.807) is 12.1 Å². The van der Waals surface area contributed by atoms with Crippen molar-refractivity contribution in [3.05, 3.63) is 59.7 Å². The zero-order chi connectivity index (χ0) is 16.8. The molecule has 0 unspecified atom stereocenters. The van der Waals surface area contributed by atoms with E-state index < -0.39 is 23.5 Å². The van der Waals surface area contributed by atoms with Crippen molar-refractivity contribution in [3.8, 4) is 0 Å². The van der Waals surface area contributed by atoms with Crippen molar-refractivity contribution >= 4 is 23.3 Å². The Bertz CT molecular complexity index is 715. The largest absolute Gasteiger partial charge is 0.465 e. The zero-order valence-electron chi connectivity index (χ0n) is 12.2. The number of rotatable bonds is 5. The van der Waals surface area contributed by atoms with Crippen LogP contribution in [0.15, 0.2) is 42.5 Å². The Morgan fingerprint density at radius 1 is 1.09 bits per heavy atom. The number of carbonyl (C=O) groups is 2. The topological polar surface area (TPSA) is 67.4 Å². The van der Waals surface area contributed by atoms with Gasteiger partial charge in [0, 0.05) is 5.69 Å². The molecule has 0 aromatic heterocycles. The van der Waals surface area contributed by atoms with Gasteiger partial charge in [-0.3, -0.25) is 4.79 Å². The van der Waals surface area contributed by atoms with Gasteiger partial charge in [-0.25, -0.2) is 13.6 Å². The van der Waals surface area contributed by atoms with Crippen LogP contribution in [0.4, 0.5) is 20.2 Å². The van der Waals surface area contributed by atoms with Crippen LogP contribution in [0, 0.1) is 11.6 Å². The van der Waals surface area contributed by atoms with Gasteiger partial charge in [-0.1, -0.05) is 12.1 Å². The van der Waals surface area contributed by atoms with Gasteiger partial charge in [0.05, 0.1) is 19.2 Å². The third-order valence-corrected chi connectivity index (χ3v) is 2.96. The lowest BCUT2D eigenvalue weighted by atomic mass is 10.2. The minimum atomic E-state index is -0.787. The summed E-state index contributed by atoms with van der Waals surface area (Å²) in [5.41, 5.74) is 0.276. The minimum Gasteiger partial charge on any atom is -0.465 e. The van der Waals surface area contributed by atoms with Crippen LogP contribution in [0.2, 0.25) is 0 Å². The minimum absolute atomic E-state index is 0.276. The average Bonchev–Trinajstić information content (AvgIpc) is 2.54. The van der Waals surface area contributed by atoms with E-state index >= 15 is 0 Å². The molecule has 2 rings (SSSR count). The van der Waals surface area contributed by atoms with Gasteiger partial charge in [0.2, 0.25) is 5.91 Å². The summed E-state index contributed by atoms with van der Waals surface area (Å²) in [7, 11) is 1.25. The Labute approximate surface area is 131 Å². The normalized spacial score (nSPS) is 10.0. The number of para-hydroxylation sites is 1. The second-order valence-electron chi connectivity index (χ2n) is 4.57. The molecule has 0 atom stereocenters. The molecule has 0 saturated heterocycles. The van der Waals surface area contributed by atoms with Gasteiger partial charge >= 0.3 is 5.97 Å². The van der Waals surface area contributed by atoms with E-state index in [1.165, 1.54) is 25.3 Å². The van der Waals surface area contributed by atoms with Crippen molar-refractivity contribution in [2.45, 2.75) is 0 Å². The quantitative estimate of drug-likeness (QED) is 0.831. The van der Waals surface area contributed by atoms with E-state index in [9.17, 15) is 18.4 Å². The first-order valence-electron chi connectivity index (χ1n) is 6.67. The molecule has 0 heterocycles. The molecule has 0 fully saturated rings. The number of amides is 1. The predicted octanol–water partition coefficient (Wildman–Crippen LogP) is 2.80. The standard InChI is InChI=1S/C16H14F2N2O3/c1-23-16(22)10-4-2-5-11(8-10)20-14(21)9-19-15-12(17)6-3-7-13(15)18/h2-8,19H,9H2,1H3,(H,20,21). The van der Waals surface area contributed by atoms with E-state index in [0.717, 1.165) is 12.1 Å². The van der Waals surface area contributed by atoms with Crippen LogP contribution < -0.4 is 10.6 Å². The maximum absolute atomic E-state index is 13.4. The van der Waals surface area contributed by atoms with Crippen molar-refractivity contribution in [1.82, 2.24) is 0 Å². The summed E-state index contributed by atoms with van der Waals surface area (Å²) < 4.78 is 31.4. The van der Waals surface area contributed by atoms with Crippen molar-refractivity contribution < 1.29 is 23.1 Å². The van der Waals surface area contributed by atoms with E-state index in [1.807, 2.05) is 0 Å². The molecule has 7 heteroatoms. The summed E-state index contributed by atoms with van der Waals surface area (Å²) in [6, 6.07) is 9.53. The van der Waals surface area contributed by atoms with E-state index in [-0.39, 0.29) is 17.8 Å². The Kier molecular flexibility index (Phi) is 5.24. The highest BCUT2D eigenvalue weighted by atomic mass is 19.1. The number of methoxy groups -OCH3 is 1. The first-order valence-corrected chi connectivity index (χ1v) is 6.67. The highest BCUT2D eigenvalue weighted by Gasteiger charge is 2.11. The van der Waals surface area contributed by atoms with Gasteiger partial charge in [-0.15, -0.1) is 0 Å². The van der Waals surface area contributed by atoms with Crippen LogP contribution in [-0.4, -0.2) is 25.5 Å². The Balaban J connectivity index is 1.99. The first-order chi connectivity index (χ1) is 11.0. The average molecular weight is 320 g/mol. The lowest BCUT2D eigenvalue weighted by molar-refractivity contribution is -0.114. The molecule has 120 valence electrons. The molecule has 23 heavy (non-hydrogen) atoms. The maximum atomic E-state index is 13.4. The number of anilines is 2. The summed E-state index contributed by atoms with van der Waals surface area (Å²) in [5, 5.41) is 4.91. The number of ether oxygens (including phenoxy) is 1. The Morgan fingerprint density at radius 2 is 1.74 bits per heavy atom. The number of nitrogens with one attached hydrogen (secondary N) is 2. The molecule has 1 amide bonds. The number of carbonyl (C=O) groups excluding carboxylic acids is 2. The van der Waals surface area contributed by atoms with Crippen LogP contribution in [0.1, 0.15) is 10.4 Å². The molecule has 2 aromatic carbocycles. The van der Waals surface area contributed by atoms with Gasteiger partial charge < -0.3 is 15.4 Å². The lowest BCUT2D eigenvalue weighted by Crippen LogP contribution is -2.22. The van der Waals surface area contributed by atoms with Gasteiger partial charge in [0.15, 0.2) is 0 Å². The molecule has 2 N–H and O–H groups in total. The van der Waals surface area contributed by atoms with Crippen LogP contribution in [0.5, 0.6) is 0 Å². The second-order valence-corrected chi connectivity index (χ2v) is 4.57.